The van der Waals surface area contributed by atoms with Gasteiger partial charge in [0.2, 0.25) is 0 Å². The molecule has 1 aromatic rings. The van der Waals surface area contributed by atoms with Crippen molar-refractivity contribution >= 4 is 43.1 Å². The zero-order chi connectivity index (χ0) is 13.1. The van der Waals surface area contributed by atoms with E-state index in [9.17, 15) is 8.42 Å². The number of thiophene rings is 1. The summed E-state index contributed by atoms with van der Waals surface area (Å²) >= 11 is 4.29. The fourth-order valence-electron chi connectivity index (χ4n) is 1.16. The highest BCUT2D eigenvalue weighted by atomic mass is 79.9. The number of hydrogen-bond acceptors (Lipinski definition) is 5. The van der Waals surface area contributed by atoms with Crippen molar-refractivity contribution < 1.29 is 13.6 Å². The molecule has 0 spiro atoms. The minimum absolute atomic E-state index is 0.139. The molecular weight excluding hydrogens is 330 g/mol. The van der Waals surface area contributed by atoms with Gasteiger partial charge in [-0.15, -0.1) is 11.3 Å². The van der Waals surface area contributed by atoms with E-state index < -0.39 is 10.0 Å². The van der Waals surface area contributed by atoms with Crippen molar-refractivity contribution in [3.05, 3.63) is 15.9 Å². The van der Waals surface area contributed by atoms with Crippen molar-refractivity contribution in [3.8, 4) is 0 Å². The van der Waals surface area contributed by atoms with Crippen LogP contribution in [0.4, 0.5) is 0 Å². The van der Waals surface area contributed by atoms with Gasteiger partial charge in [-0.05, 0) is 27.4 Å². The molecule has 0 fully saturated rings. The molecule has 0 saturated carbocycles. The van der Waals surface area contributed by atoms with Gasteiger partial charge in [-0.1, -0.05) is 12.1 Å². The third kappa shape index (κ3) is 3.18. The second-order valence-corrected chi connectivity index (χ2v) is 6.98. The summed E-state index contributed by atoms with van der Waals surface area (Å²) in [6, 6.07) is 1.66. The summed E-state index contributed by atoms with van der Waals surface area (Å²) in [5, 5.41) is 12.9. The first-order valence-corrected chi connectivity index (χ1v) is 7.74. The molecule has 0 amide bonds. The molecular formula is C8H12BrN3O3S2. The van der Waals surface area contributed by atoms with Crippen molar-refractivity contribution in [3.63, 3.8) is 0 Å². The number of nitrogens with two attached hydrogens (primary N) is 1. The van der Waals surface area contributed by atoms with Crippen LogP contribution in [0.25, 0.3) is 0 Å². The number of sulfonamides is 1. The van der Waals surface area contributed by atoms with E-state index in [4.69, 9.17) is 10.9 Å². The quantitative estimate of drug-likeness (QED) is 0.364. The van der Waals surface area contributed by atoms with Crippen LogP contribution in [-0.4, -0.2) is 36.9 Å². The number of hydrogen-bond donors (Lipinski definition) is 2. The van der Waals surface area contributed by atoms with Crippen LogP contribution >= 0.6 is 27.3 Å². The molecule has 6 nitrogen and oxygen atoms in total. The largest absolute Gasteiger partial charge is 0.409 e. The Morgan fingerprint density at radius 1 is 1.71 bits per heavy atom. The smallest absolute Gasteiger partial charge is 0.254 e. The first-order valence-electron chi connectivity index (χ1n) is 4.63. The monoisotopic (exact) mass is 341 g/mol. The maximum Gasteiger partial charge on any atom is 0.254 e. The SMILES string of the molecule is CCN(CC(N)=NO)S(=O)(=O)c1sccc1Br. The van der Waals surface area contributed by atoms with Crippen LogP contribution in [0, 0.1) is 0 Å². The molecule has 0 unspecified atom stereocenters. The second-order valence-electron chi connectivity index (χ2n) is 3.08. The van der Waals surface area contributed by atoms with Crippen LogP contribution in [0.3, 0.4) is 0 Å². The van der Waals surface area contributed by atoms with Gasteiger partial charge in [0.25, 0.3) is 10.0 Å². The third-order valence-corrected chi connectivity index (χ3v) is 6.55. The van der Waals surface area contributed by atoms with Crippen LogP contribution in [0.2, 0.25) is 0 Å². The number of likely N-dealkylation sites (N-methyl/N-ethyl adjacent to an activating group) is 1. The second kappa shape index (κ2) is 5.80. The van der Waals surface area contributed by atoms with Crippen LogP contribution in [0.1, 0.15) is 6.92 Å². The van der Waals surface area contributed by atoms with Crippen molar-refractivity contribution in [2.45, 2.75) is 11.1 Å². The summed E-state index contributed by atoms with van der Waals surface area (Å²) in [5.41, 5.74) is 5.32. The molecule has 0 aromatic carbocycles. The summed E-state index contributed by atoms with van der Waals surface area (Å²) < 4.78 is 26.3. The minimum atomic E-state index is -3.61. The lowest BCUT2D eigenvalue weighted by atomic mass is 10.6. The highest BCUT2D eigenvalue weighted by Gasteiger charge is 2.27. The zero-order valence-electron chi connectivity index (χ0n) is 9.00. The van der Waals surface area contributed by atoms with Gasteiger partial charge < -0.3 is 10.9 Å². The first-order chi connectivity index (χ1) is 7.93. The number of nitrogens with zero attached hydrogens (tertiary/aromatic N) is 2. The fraction of sp³-hybridized carbons (Fsp3) is 0.375. The molecule has 0 aliphatic carbocycles. The zero-order valence-corrected chi connectivity index (χ0v) is 12.2. The average Bonchev–Trinajstić information content (AvgIpc) is 2.72. The van der Waals surface area contributed by atoms with E-state index >= 15 is 0 Å². The molecule has 9 heteroatoms. The molecule has 1 rings (SSSR count). The van der Waals surface area contributed by atoms with E-state index in [0.29, 0.717) is 4.47 Å². The van der Waals surface area contributed by atoms with E-state index in [2.05, 4.69) is 21.1 Å². The summed E-state index contributed by atoms with van der Waals surface area (Å²) in [5.74, 6) is -0.150. The van der Waals surface area contributed by atoms with E-state index in [1.807, 2.05) is 0 Å². The molecule has 3 N–H and O–H groups in total. The molecule has 0 radical (unpaired) electrons. The number of oxime groups is 1. The van der Waals surface area contributed by atoms with Crippen LogP contribution in [0.15, 0.2) is 25.3 Å². The first kappa shape index (κ1) is 14.4. The number of halogens is 1. The number of amidine groups is 1. The van der Waals surface area contributed by atoms with Crippen molar-refractivity contribution in [1.29, 1.82) is 0 Å². The van der Waals surface area contributed by atoms with Crippen LogP contribution in [0.5, 0.6) is 0 Å². The molecule has 1 aromatic heterocycles. The highest BCUT2D eigenvalue weighted by Crippen LogP contribution is 2.30. The predicted molar refractivity (Wildman–Crippen MR) is 69.9 cm³/mol. The number of rotatable bonds is 5. The maximum atomic E-state index is 12.2. The lowest BCUT2D eigenvalue weighted by molar-refractivity contribution is 0.315. The van der Waals surface area contributed by atoms with Gasteiger partial charge in [-0.2, -0.15) is 4.31 Å². The van der Waals surface area contributed by atoms with Gasteiger partial charge in [0.15, 0.2) is 5.84 Å². The molecule has 96 valence electrons. The normalized spacial score (nSPS) is 13.2. The van der Waals surface area contributed by atoms with Gasteiger partial charge in [0.1, 0.15) is 4.21 Å². The van der Waals surface area contributed by atoms with E-state index in [0.717, 1.165) is 15.6 Å². The minimum Gasteiger partial charge on any atom is -0.409 e. The summed E-state index contributed by atoms with van der Waals surface area (Å²) in [6.07, 6.45) is 0. The van der Waals surface area contributed by atoms with Crippen molar-refractivity contribution in [1.82, 2.24) is 4.31 Å². The Hall–Kier alpha value is -0.640. The Bertz CT molecular complexity index is 512. The van der Waals surface area contributed by atoms with Gasteiger partial charge in [-0.25, -0.2) is 8.42 Å². The Morgan fingerprint density at radius 3 is 2.76 bits per heavy atom. The third-order valence-electron chi connectivity index (χ3n) is 1.98. The Kier molecular flexibility index (Phi) is 4.92. The molecule has 0 bridgehead atoms. The Labute approximate surface area is 112 Å². The topological polar surface area (TPSA) is 96.0 Å². The summed E-state index contributed by atoms with van der Waals surface area (Å²) in [6.45, 7) is 1.78. The molecule has 0 aliphatic heterocycles. The maximum absolute atomic E-state index is 12.2. The molecule has 0 aliphatic rings. The molecule has 0 atom stereocenters. The van der Waals surface area contributed by atoms with Crippen LogP contribution in [-0.2, 0) is 10.0 Å². The summed E-state index contributed by atoms with van der Waals surface area (Å²) in [4.78, 5) is 0. The highest BCUT2D eigenvalue weighted by molar-refractivity contribution is 9.10. The van der Waals surface area contributed by atoms with E-state index in [-0.39, 0.29) is 23.1 Å². The lowest BCUT2D eigenvalue weighted by Crippen LogP contribution is -2.38. The predicted octanol–water partition coefficient (Wildman–Crippen LogP) is 1.27. The van der Waals surface area contributed by atoms with E-state index in [1.54, 1.807) is 18.4 Å². The van der Waals surface area contributed by atoms with Gasteiger partial charge in [0.05, 0.1) is 6.54 Å². The standard InChI is InChI=1S/C8H12BrN3O3S2/c1-2-12(5-7(10)11-13)17(14,15)8-6(9)3-4-16-8/h3-4,13H,2,5H2,1H3,(H2,10,11). The molecule has 0 saturated heterocycles. The van der Waals surface area contributed by atoms with Crippen molar-refractivity contribution in [2.75, 3.05) is 13.1 Å². The van der Waals surface area contributed by atoms with Crippen LogP contribution < -0.4 is 5.73 Å². The van der Waals surface area contributed by atoms with Gasteiger partial charge >= 0.3 is 0 Å². The molecule has 1 heterocycles. The van der Waals surface area contributed by atoms with Crippen molar-refractivity contribution in [2.24, 2.45) is 10.9 Å². The van der Waals surface area contributed by atoms with Gasteiger partial charge in [0, 0.05) is 11.0 Å². The lowest BCUT2D eigenvalue weighted by Gasteiger charge is -2.18. The fourth-order valence-corrected chi connectivity index (χ4v) is 5.03. The molecule has 17 heavy (non-hydrogen) atoms. The van der Waals surface area contributed by atoms with Gasteiger partial charge in [-0.3, -0.25) is 0 Å². The Morgan fingerprint density at radius 2 is 2.35 bits per heavy atom. The average molecular weight is 342 g/mol. The van der Waals surface area contributed by atoms with E-state index in [1.165, 1.54) is 0 Å². The summed E-state index contributed by atoms with van der Waals surface area (Å²) in [7, 11) is -3.61. The Balaban J connectivity index is 3.08.